The lowest BCUT2D eigenvalue weighted by molar-refractivity contribution is 0.509. The Morgan fingerprint density at radius 3 is 2.43 bits per heavy atom. The van der Waals surface area contributed by atoms with Gasteiger partial charge in [-0.3, -0.25) is 9.40 Å². The van der Waals surface area contributed by atoms with Crippen molar-refractivity contribution in [3.8, 4) is 0 Å². The van der Waals surface area contributed by atoms with Gasteiger partial charge in [-0.05, 0) is 32.9 Å². The van der Waals surface area contributed by atoms with Crippen LogP contribution < -0.4 is 4.72 Å². The van der Waals surface area contributed by atoms with Crippen LogP contribution in [0.1, 0.15) is 18.3 Å². The highest BCUT2D eigenvalue weighted by Gasteiger charge is 2.24. The molecule has 1 aromatic carbocycles. The van der Waals surface area contributed by atoms with Gasteiger partial charge in [-0.2, -0.15) is 5.10 Å². The lowest BCUT2D eigenvalue weighted by Crippen LogP contribution is -2.15. The van der Waals surface area contributed by atoms with Crippen molar-refractivity contribution in [3.05, 3.63) is 41.2 Å². The average Bonchev–Trinajstić information content (AvgIpc) is 2.68. The minimum absolute atomic E-state index is 0.0445. The van der Waals surface area contributed by atoms with Crippen molar-refractivity contribution in [2.75, 3.05) is 4.72 Å². The third-order valence-corrected chi connectivity index (χ3v) is 4.69. The molecule has 1 heterocycles. The first kappa shape index (κ1) is 15.4. The van der Waals surface area contributed by atoms with Crippen LogP contribution in [0, 0.1) is 25.5 Å². The molecule has 0 spiro atoms. The molecule has 0 radical (unpaired) electrons. The highest BCUT2D eigenvalue weighted by molar-refractivity contribution is 7.92. The molecule has 21 heavy (non-hydrogen) atoms. The topological polar surface area (TPSA) is 64.0 Å². The zero-order valence-corrected chi connectivity index (χ0v) is 12.6. The molecule has 0 saturated heterocycles. The van der Waals surface area contributed by atoms with Gasteiger partial charge in [-0.25, -0.2) is 17.2 Å². The summed E-state index contributed by atoms with van der Waals surface area (Å²) in [4.78, 5) is 0.0501. The van der Waals surface area contributed by atoms with Crippen LogP contribution in [0.4, 0.5) is 14.5 Å². The van der Waals surface area contributed by atoms with Crippen LogP contribution in [0.2, 0.25) is 0 Å². The van der Waals surface area contributed by atoms with Crippen molar-refractivity contribution in [3.63, 3.8) is 0 Å². The summed E-state index contributed by atoms with van der Waals surface area (Å²) in [7, 11) is -3.92. The Morgan fingerprint density at radius 2 is 1.90 bits per heavy atom. The van der Waals surface area contributed by atoms with E-state index in [2.05, 4.69) is 9.82 Å². The molecule has 0 bridgehead atoms. The zero-order valence-electron chi connectivity index (χ0n) is 11.8. The first-order valence-corrected chi connectivity index (χ1v) is 7.76. The third-order valence-electron chi connectivity index (χ3n) is 3.06. The largest absolute Gasteiger partial charge is 0.279 e. The van der Waals surface area contributed by atoms with Crippen molar-refractivity contribution < 1.29 is 17.2 Å². The van der Waals surface area contributed by atoms with E-state index in [1.165, 1.54) is 0 Å². The molecule has 5 nitrogen and oxygen atoms in total. The summed E-state index contributed by atoms with van der Waals surface area (Å²) in [6.45, 7) is 5.61. The van der Waals surface area contributed by atoms with Crippen LogP contribution >= 0.6 is 0 Å². The van der Waals surface area contributed by atoms with Crippen molar-refractivity contribution in [1.29, 1.82) is 0 Å². The predicted octanol–water partition coefficient (Wildman–Crippen LogP) is 2.60. The fourth-order valence-corrected chi connectivity index (χ4v) is 3.61. The molecule has 2 rings (SSSR count). The number of rotatable bonds is 4. The number of nitrogens with one attached hydrogen (secondary N) is 1. The Morgan fingerprint density at radius 1 is 1.24 bits per heavy atom. The molecule has 0 unspecified atom stereocenters. The molecular formula is C13H15F2N3O2S. The van der Waals surface area contributed by atoms with Crippen LogP contribution in [0.3, 0.4) is 0 Å². The summed E-state index contributed by atoms with van der Waals surface area (Å²) in [5.74, 6) is -2.16. The Bertz CT molecular complexity index is 785. The van der Waals surface area contributed by atoms with E-state index in [1.807, 2.05) is 6.92 Å². The number of aryl methyl sites for hydroxylation is 2. The van der Waals surface area contributed by atoms with E-state index in [9.17, 15) is 17.2 Å². The minimum atomic E-state index is -3.92. The maximum absolute atomic E-state index is 13.1. The van der Waals surface area contributed by atoms with Crippen molar-refractivity contribution in [1.82, 2.24) is 9.78 Å². The summed E-state index contributed by atoms with van der Waals surface area (Å²) >= 11 is 0. The molecular weight excluding hydrogens is 300 g/mol. The number of sulfonamides is 1. The van der Waals surface area contributed by atoms with E-state index < -0.39 is 21.7 Å². The number of aromatic nitrogens is 2. The second kappa shape index (κ2) is 5.44. The highest BCUT2D eigenvalue weighted by Crippen LogP contribution is 2.23. The Labute approximate surface area is 121 Å². The van der Waals surface area contributed by atoms with Crippen molar-refractivity contribution >= 4 is 15.7 Å². The number of benzene rings is 1. The number of nitrogens with zero attached hydrogens (tertiary/aromatic N) is 2. The lowest BCUT2D eigenvalue weighted by Gasteiger charge is -2.09. The second-order valence-electron chi connectivity index (χ2n) is 4.55. The monoisotopic (exact) mass is 315 g/mol. The molecule has 0 aliphatic heterocycles. The van der Waals surface area contributed by atoms with Gasteiger partial charge >= 0.3 is 0 Å². The van der Waals surface area contributed by atoms with Crippen molar-refractivity contribution in [2.24, 2.45) is 0 Å². The highest BCUT2D eigenvalue weighted by atomic mass is 32.2. The standard InChI is InChI=1S/C13H15F2N3O2S/c1-4-18-9(3)13(8(2)16-18)21(19,20)17-10-5-6-11(14)12(15)7-10/h5-7,17H,4H2,1-3H3. The molecule has 0 atom stereocenters. The number of hydrogen-bond donors (Lipinski definition) is 1. The van der Waals surface area contributed by atoms with Gasteiger partial charge in [-0.15, -0.1) is 0 Å². The van der Waals surface area contributed by atoms with Crippen LogP contribution in [0.25, 0.3) is 0 Å². The summed E-state index contributed by atoms with van der Waals surface area (Å²) in [5.41, 5.74) is 0.798. The maximum Gasteiger partial charge on any atom is 0.265 e. The average molecular weight is 315 g/mol. The van der Waals surface area contributed by atoms with E-state index in [-0.39, 0.29) is 10.6 Å². The minimum Gasteiger partial charge on any atom is -0.279 e. The second-order valence-corrected chi connectivity index (χ2v) is 6.17. The van der Waals surface area contributed by atoms with Crippen molar-refractivity contribution in [2.45, 2.75) is 32.2 Å². The van der Waals surface area contributed by atoms with Gasteiger partial charge in [0.1, 0.15) is 4.90 Å². The summed E-state index contributed by atoms with van der Waals surface area (Å²) < 4.78 is 54.6. The van der Waals surface area contributed by atoms with Gasteiger partial charge in [0.15, 0.2) is 11.6 Å². The Hall–Kier alpha value is -1.96. The summed E-state index contributed by atoms with van der Waals surface area (Å²) in [5, 5.41) is 4.13. The van der Waals surface area contributed by atoms with Gasteiger partial charge < -0.3 is 0 Å². The first-order chi connectivity index (χ1) is 9.76. The molecule has 0 fully saturated rings. The van der Waals surface area contributed by atoms with E-state index in [1.54, 1.807) is 18.5 Å². The van der Waals surface area contributed by atoms with E-state index in [0.29, 0.717) is 17.9 Å². The van der Waals surface area contributed by atoms with Crippen LogP contribution in [-0.2, 0) is 16.6 Å². The van der Waals surface area contributed by atoms with Gasteiger partial charge in [-0.1, -0.05) is 0 Å². The molecule has 1 aromatic heterocycles. The molecule has 8 heteroatoms. The maximum atomic E-state index is 13.1. The quantitative estimate of drug-likeness (QED) is 0.943. The Kier molecular flexibility index (Phi) is 3.99. The molecule has 0 aliphatic rings. The predicted molar refractivity (Wildman–Crippen MR) is 74.5 cm³/mol. The smallest absolute Gasteiger partial charge is 0.265 e. The van der Waals surface area contributed by atoms with Crippen LogP contribution in [-0.4, -0.2) is 18.2 Å². The summed E-state index contributed by atoms with van der Waals surface area (Å²) in [6, 6.07) is 2.81. The normalized spacial score (nSPS) is 11.7. The lowest BCUT2D eigenvalue weighted by atomic mass is 10.3. The van der Waals surface area contributed by atoms with Gasteiger partial charge in [0.2, 0.25) is 0 Å². The first-order valence-electron chi connectivity index (χ1n) is 6.28. The number of anilines is 1. The molecule has 1 N–H and O–H groups in total. The number of hydrogen-bond acceptors (Lipinski definition) is 3. The molecule has 0 aliphatic carbocycles. The van der Waals surface area contributed by atoms with E-state index >= 15 is 0 Å². The van der Waals surface area contributed by atoms with Gasteiger partial charge in [0, 0.05) is 12.6 Å². The van der Waals surface area contributed by atoms with Crippen LogP contribution in [0.15, 0.2) is 23.1 Å². The fraction of sp³-hybridized carbons (Fsp3) is 0.308. The number of halogens is 2. The van der Waals surface area contributed by atoms with Gasteiger partial charge in [0.05, 0.1) is 17.1 Å². The Balaban J connectivity index is 2.43. The molecule has 2 aromatic rings. The van der Waals surface area contributed by atoms with Gasteiger partial charge in [0.25, 0.3) is 10.0 Å². The molecule has 0 saturated carbocycles. The molecule has 0 amide bonds. The van der Waals surface area contributed by atoms with Crippen LogP contribution in [0.5, 0.6) is 0 Å². The zero-order chi connectivity index (χ0) is 15.8. The fourth-order valence-electron chi connectivity index (χ4n) is 2.14. The van der Waals surface area contributed by atoms with E-state index in [4.69, 9.17) is 0 Å². The SMILES string of the molecule is CCn1nc(C)c(S(=O)(=O)Nc2ccc(F)c(F)c2)c1C. The summed E-state index contributed by atoms with van der Waals surface area (Å²) in [6.07, 6.45) is 0. The third kappa shape index (κ3) is 2.90. The molecule has 114 valence electrons. The van der Waals surface area contributed by atoms with E-state index in [0.717, 1.165) is 18.2 Å².